The van der Waals surface area contributed by atoms with Gasteiger partial charge in [0.2, 0.25) is 5.88 Å². The average molecular weight is 519 g/mol. The lowest BCUT2D eigenvalue weighted by Crippen LogP contribution is -2.39. The Morgan fingerprint density at radius 2 is 1.94 bits per heavy atom. The summed E-state index contributed by atoms with van der Waals surface area (Å²) in [5, 5.41) is 0.0293. The monoisotopic (exact) mass is 518 g/mol. The van der Waals surface area contributed by atoms with Gasteiger partial charge in [-0.2, -0.15) is 4.98 Å². The predicted octanol–water partition coefficient (Wildman–Crippen LogP) is 3.10. The predicted molar refractivity (Wildman–Crippen MR) is 130 cm³/mol. The van der Waals surface area contributed by atoms with Crippen LogP contribution < -0.4 is 20.9 Å². The molecular formula is C24H20ClF2N5O4. The molecule has 1 aromatic carbocycles. The van der Waals surface area contributed by atoms with Crippen molar-refractivity contribution in [3.63, 3.8) is 0 Å². The molecule has 0 N–H and O–H groups in total. The number of hydrogen-bond acceptors (Lipinski definition) is 7. The Labute approximate surface area is 212 Å². The number of methoxy groups -OCH3 is 2. The Morgan fingerprint density at radius 3 is 2.67 bits per heavy atom. The van der Waals surface area contributed by atoms with Crippen LogP contribution in [-0.4, -0.2) is 52.4 Å². The Balaban J connectivity index is 1.79. The molecule has 1 aliphatic rings. The zero-order valence-electron chi connectivity index (χ0n) is 21.7. The number of benzene rings is 1. The van der Waals surface area contributed by atoms with Crippen molar-refractivity contribution in [1.82, 2.24) is 19.1 Å². The minimum Gasteiger partial charge on any atom is -0.480 e. The summed E-state index contributed by atoms with van der Waals surface area (Å²) < 4.78 is 62.5. The Morgan fingerprint density at radius 1 is 1.11 bits per heavy atom. The molecule has 9 nitrogen and oxygen atoms in total. The summed E-state index contributed by atoms with van der Waals surface area (Å²) in [4.78, 5) is 37.6. The molecule has 1 fully saturated rings. The van der Waals surface area contributed by atoms with E-state index in [9.17, 15) is 18.4 Å². The molecule has 0 spiro atoms. The van der Waals surface area contributed by atoms with E-state index in [0.29, 0.717) is 13.0 Å². The maximum Gasteiger partial charge on any atom is 0.340 e. The van der Waals surface area contributed by atoms with Crippen molar-refractivity contribution in [2.45, 2.75) is 12.5 Å². The van der Waals surface area contributed by atoms with E-state index in [2.05, 4.69) is 9.97 Å². The fraction of sp³-hybridized carbons (Fsp3) is 0.250. The second kappa shape index (κ2) is 9.32. The number of rotatable bonds is 5. The molecule has 0 amide bonds. The molecule has 4 aromatic rings. The molecule has 0 unspecified atom stereocenters. The number of nitrogens with zero attached hydrogens (tertiary/aromatic N) is 5. The van der Waals surface area contributed by atoms with Gasteiger partial charge in [0.15, 0.2) is 11.6 Å². The minimum atomic E-state index is -2.58. The Bertz CT molecular complexity index is 1710. The lowest BCUT2D eigenvalue weighted by Gasteiger charge is -2.21. The van der Waals surface area contributed by atoms with Crippen LogP contribution >= 0.6 is 11.6 Å². The first-order valence-electron chi connectivity index (χ1n) is 12.2. The summed E-state index contributed by atoms with van der Waals surface area (Å²) in [7, 11) is -1.30. The molecule has 36 heavy (non-hydrogen) atoms. The molecular weight excluding hydrogens is 496 g/mol. The van der Waals surface area contributed by atoms with Gasteiger partial charge >= 0.3 is 5.69 Å². The average Bonchev–Trinajstić information content (AvgIpc) is 3.32. The first-order chi connectivity index (χ1) is 18.5. The third kappa shape index (κ3) is 3.99. The van der Waals surface area contributed by atoms with E-state index in [-0.39, 0.29) is 45.5 Å². The third-order valence-electron chi connectivity index (χ3n) is 5.93. The number of anilines is 1. The lowest BCUT2D eigenvalue weighted by atomic mass is 10.2. The highest BCUT2D eigenvalue weighted by Crippen LogP contribution is 2.29. The number of halogens is 3. The second-order valence-electron chi connectivity index (χ2n) is 8.08. The van der Waals surface area contributed by atoms with Gasteiger partial charge in [0.25, 0.3) is 5.56 Å². The summed E-state index contributed by atoms with van der Waals surface area (Å²) in [6, 6.07) is 5.65. The van der Waals surface area contributed by atoms with E-state index in [4.69, 9.17) is 25.2 Å². The van der Waals surface area contributed by atoms with E-state index in [1.54, 1.807) is 4.90 Å². The van der Waals surface area contributed by atoms with Crippen molar-refractivity contribution >= 4 is 28.3 Å². The van der Waals surface area contributed by atoms with Gasteiger partial charge in [0, 0.05) is 38.5 Å². The molecule has 1 aliphatic heterocycles. The standard InChI is InChI=1S/C24H20ClF2N5O4/c1-35-16-5-6-30(12-16)20-9-19-21(22(29-20)36-2)23(33)32(15-7-13(25)10-28-11-15)24(34)31(19)14-3-4-17(26)18(27)8-14/h3-4,7-11,16H,5-6,12H2,1-2H3/t16-/m1/s1/i1D3. The SMILES string of the molecule is [2H]C([2H])([2H])O[C@@H]1CCN(c2cc3c(c(OC)n2)c(=O)n(-c2cncc(Cl)c2)c(=O)n3-c2ccc(F)c(F)c2)C1. The molecule has 1 atom stereocenters. The number of aromatic nitrogens is 4. The molecule has 5 rings (SSSR count). The highest BCUT2D eigenvalue weighted by Gasteiger charge is 2.27. The van der Waals surface area contributed by atoms with Crippen LogP contribution in [0.25, 0.3) is 22.3 Å². The van der Waals surface area contributed by atoms with Gasteiger partial charge in [0.1, 0.15) is 11.2 Å². The van der Waals surface area contributed by atoms with E-state index >= 15 is 0 Å². The van der Waals surface area contributed by atoms with Crippen LogP contribution in [0.2, 0.25) is 5.02 Å². The van der Waals surface area contributed by atoms with Crippen molar-refractivity contribution in [3.8, 4) is 17.3 Å². The van der Waals surface area contributed by atoms with Crippen molar-refractivity contribution < 1.29 is 22.4 Å². The molecule has 186 valence electrons. The van der Waals surface area contributed by atoms with Gasteiger partial charge in [-0.3, -0.25) is 14.3 Å². The molecule has 0 radical (unpaired) electrons. The maximum atomic E-state index is 14.3. The quantitative estimate of drug-likeness (QED) is 0.401. The fourth-order valence-electron chi connectivity index (χ4n) is 4.24. The summed E-state index contributed by atoms with van der Waals surface area (Å²) >= 11 is 6.05. The largest absolute Gasteiger partial charge is 0.480 e. The summed E-state index contributed by atoms with van der Waals surface area (Å²) in [6.45, 7) is 0.532. The van der Waals surface area contributed by atoms with Crippen molar-refractivity contribution in [2.75, 3.05) is 32.1 Å². The number of fused-ring (bicyclic) bond motifs is 1. The van der Waals surface area contributed by atoms with E-state index in [1.807, 2.05) is 0 Å². The molecule has 12 heteroatoms. The van der Waals surface area contributed by atoms with Crippen LogP contribution in [0.5, 0.6) is 5.88 Å². The van der Waals surface area contributed by atoms with E-state index in [1.165, 1.54) is 37.7 Å². The highest BCUT2D eigenvalue weighted by molar-refractivity contribution is 6.30. The zero-order chi connectivity index (χ0) is 28.1. The fourth-order valence-corrected chi connectivity index (χ4v) is 4.41. The van der Waals surface area contributed by atoms with E-state index < -0.39 is 36.0 Å². The van der Waals surface area contributed by atoms with Crippen LogP contribution in [0.15, 0.2) is 52.3 Å². The number of ether oxygens (including phenoxy) is 2. The molecule has 0 saturated carbocycles. The first-order valence-corrected chi connectivity index (χ1v) is 11.1. The van der Waals surface area contributed by atoms with Crippen molar-refractivity contribution in [1.29, 1.82) is 0 Å². The molecule has 3 aromatic heterocycles. The van der Waals surface area contributed by atoms with Gasteiger partial charge in [0.05, 0.1) is 45.4 Å². The third-order valence-corrected chi connectivity index (χ3v) is 6.14. The Kier molecular flexibility index (Phi) is 5.27. The zero-order valence-corrected chi connectivity index (χ0v) is 19.5. The van der Waals surface area contributed by atoms with Crippen LogP contribution in [0.4, 0.5) is 14.6 Å². The van der Waals surface area contributed by atoms with Gasteiger partial charge in [-0.1, -0.05) is 11.6 Å². The summed E-state index contributed by atoms with van der Waals surface area (Å²) in [5.41, 5.74) is -1.75. The van der Waals surface area contributed by atoms with Gasteiger partial charge in [-0.15, -0.1) is 0 Å². The summed E-state index contributed by atoms with van der Waals surface area (Å²) in [5.74, 6) is -2.22. The molecule has 0 bridgehead atoms. The van der Waals surface area contributed by atoms with Gasteiger partial charge < -0.3 is 14.4 Å². The Hall–Kier alpha value is -3.83. The summed E-state index contributed by atoms with van der Waals surface area (Å²) in [6.07, 6.45) is 2.34. The number of hydrogen-bond donors (Lipinski definition) is 0. The smallest absolute Gasteiger partial charge is 0.340 e. The normalized spacial score (nSPS) is 17.2. The van der Waals surface area contributed by atoms with E-state index in [0.717, 1.165) is 21.3 Å². The second-order valence-corrected chi connectivity index (χ2v) is 8.51. The van der Waals surface area contributed by atoms with Crippen LogP contribution in [-0.2, 0) is 4.74 Å². The topological polar surface area (TPSA) is 91.5 Å². The minimum absolute atomic E-state index is 0.00397. The lowest BCUT2D eigenvalue weighted by molar-refractivity contribution is 0.121. The number of pyridine rings is 2. The molecule has 0 aliphatic carbocycles. The highest BCUT2D eigenvalue weighted by atomic mass is 35.5. The van der Waals surface area contributed by atoms with Crippen molar-refractivity contribution in [3.05, 3.63) is 80.2 Å². The molecule has 1 saturated heterocycles. The maximum absolute atomic E-state index is 14.3. The van der Waals surface area contributed by atoms with Crippen LogP contribution in [0.1, 0.15) is 10.5 Å². The van der Waals surface area contributed by atoms with Gasteiger partial charge in [-0.05, 0) is 24.6 Å². The van der Waals surface area contributed by atoms with Crippen molar-refractivity contribution in [2.24, 2.45) is 0 Å². The molecule has 4 heterocycles. The first kappa shape index (κ1) is 20.4. The van der Waals surface area contributed by atoms with Crippen LogP contribution in [0, 0.1) is 11.6 Å². The van der Waals surface area contributed by atoms with Crippen LogP contribution in [0.3, 0.4) is 0 Å². The van der Waals surface area contributed by atoms with Gasteiger partial charge in [-0.25, -0.2) is 18.1 Å².